The minimum atomic E-state index is -3.62. The van der Waals surface area contributed by atoms with E-state index in [4.69, 9.17) is 10.6 Å². The zero-order valence-corrected chi connectivity index (χ0v) is 7.16. The third-order valence-corrected chi connectivity index (χ3v) is 2.49. The number of carbonyl (C=O) groups is 1. The summed E-state index contributed by atoms with van der Waals surface area (Å²) in [4.78, 5) is 18.9. The summed E-state index contributed by atoms with van der Waals surface area (Å²) in [5, 5.41) is 0. The maximum absolute atomic E-state index is 10.9. The van der Waals surface area contributed by atoms with Crippen molar-refractivity contribution in [1.29, 1.82) is 0 Å². The van der Waals surface area contributed by atoms with E-state index >= 15 is 0 Å². The van der Waals surface area contributed by atoms with Crippen molar-refractivity contribution in [2.45, 2.75) is 13.0 Å². The number of hydrogen-bond acceptors (Lipinski definition) is 4. The monoisotopic (exact) mass is 181 g/mol. The molecule has 0 heterocycles. The largest absolute Gasteiger partial charge is 0.330 e. The Bertz CT molecular complexity index is 172. The van der Waals surface area contributed by atoms with Crippen LogP contribution < -0.4 is 5.73 Å². The molecule has 3 N–H and O–H groups in total. The van der Waals surface area contributed by atoms with Gasteiger partial charge < -0.3 is 19.9 Å². The standard InChI is InChI=1S/C5H12NO4P/c1-2-10-11(8,9)4-5(6)3-7/h3,5H,2,4,6H2,1H3,(H,8,9). The first-order valence-corrected chi connectivity index (χ1v) is 4.95. The highest BCUT2D eigenvalue weighted by atomic mass is 31.2. The summed E-state index contributed by atoms with van der Waals surface area (Å²) in [7, 11) is -3.62. The van der Waals surface area contributed by atoms with Gasteiger partial charge in [0.1, 0.15) is 6.29 Å². The highest BCUT2D eigenvalue weighted by Gasteiger charge is 2.21. The SMILES string of the molecule is CCOP(=O)(O)CC(N)C=O. The molecule has 0 aliphatic heterocycles. The number of nitrogens with two attached hydrogens (primary N) is 1. The first-order chi connectivity index (χ1) is 5.02. The first-order valence-electron chi connectivity index (χ1n) is 3.19. The van der Waals surface area contributed by atoms with E-state index in [1.807, 2.05) is 0 Å². The summed E-state index contributed by atoms with van der Waals surface area (Å²) in [6.07, 6.45) is 0.103. The van der Waals surface area contributed by atoms with Crippen LogP contribution in [0, 0.1) is 0 Å². The molecule has 0 radical (unpaired) electrons. The molecular weight excluding hydrogens is 169 g/mol. The van der Waals surface area contributed by atoms with Crippen molar-refractivity contribution in [3.8, 4) is 0 Å². The smallest absolute Gasteiger partial charge is 0.324 e. The Morgan fingerprint density at radius 1 is 1.82 bits per heavy atom. The normalized spacial score (nSPS) is 18.8. The number of aldehydes is 1. The molecule has 2 atom stereocenters. The second-order valence-corrected chi connectivity index (χ2v) is 3.94. The molecule has 6 heteroatoms. The average molecular weight is 181 g/mol. The van der Waals surface area contributed by atoms with Crippen molar-refractivity contribution in [3.63, 3.8) is 0 Å². The summed E-state index contributed by atoms with van der Waals surface area (Å²) in [5.74, 6) is 0. The summed E-state index contributed by atoms with van der Waals surface area (Å²) < 4.78 is 15.4. The molecule has 0 saturated heterocycles. The molecule has 0 aliphatic rings. The van der Waals surface area contributed by atoms with Crippen LogP contribution in [0.1, 0.15) is 6.92 Å². The lowest BCUT2D eigenvalue weighted by Crippen LogP contribution is -2.26. The van der Waals surface area contributed by atoms with Crippen molar-refractivity contribution in [1.82, 2.24) is 0 Å². The molecule has 11 heavy (non-hydrogen) atoms. The maximum atomic E-state index is 10.9. The third kappa shape index (κ3) is 5.09. The van der Waals surface area contributed by atoms with Gasteiger partial charge in [0, 0.05) is 0 Å². The third-order valence-electron chi connectivity index (χ3n) is 0.947. The second kappa shape index (κ2) is 4.62. The zero-order valence-electron chi connectivity index (χ0n) is 6.27. The van der Waals surface area contributed by atoms with E-state index in [2.05, 4.69) is 4.52 Å². The lowest BCUT2D eigenvalue weighted by Gasteiger charge is -2.11. The van der Waals surface area contributed by atoms with E-state index in [1.165, 1.54) is 0 Å². The molecule has 66 valence electrons. The lowest BCUT2D eigenvalue weighted by atomic mass is 10.4. The highest BCUT2D eigenvalue weighted by Crippen LogP contribution is 2.41. The van der Waals surface area contributed by atoms with Crippen molar-refractivity contribution < 1.29 is 18.8 Å². The van der Waals surface area contributed by atoms with E-state index in [0.717, 1.165) is 0 Å². The Labute approximate surface area is 65.1 Å². The van der Waals surface area contributed by atoms with Gasteiger partial charge in [0.25, 0.3) is 0 Å². The van der Waals surface area contributed by atoms with Gasteiger partial charge in [-0.15, -0.1) is 0 Å². The van der Waals surface area contributed by atoms with E-state index in [-0.39, 0.29) is 12.8 Å². The molecule has 0 spiro atoms. The summed E-state index contributed by atoms with van der Waals surface area (Å²) in [6, 6.07) is -0.919. The minimum Gasteiger partial charge on any atom is -0.324 e. The van der Waals surface area contributed by atoms with Gasteiger partial charge in [-0.25, -0.2) is 0 Å². The van der Waals surface area contributed by atoms with Crippen LogP contribution in [-0.4, -0.2) is 30.0 Å². The quantitative estimate of drug-likeness (QED) is 0.450. The van der Waals surface area contributed by atoms with Gasteiger partial charge in [-0.3, -0.25) is 4.57 Å². The number of rotatable bonds is 5. The van der Waals surface area contributed by atoms with Crippen molar-refractivity contribution in [3.05, 3.63) is 0 Å². The Kier molecular flexibility index (Phi) is 4.52. The van der Waals surface area contributed by atoms with Crippen LogP contribution in [0.2, 0.25) is 0 Å². The predicted octanol–water partition coefficient (Wildman–Crippen LogP) is -0.266. The van der Waals surface area contributed by atoms with Gasteiger partial charge in [-0.2, -0.15) is 0 Å². The fourth-order valence-corrected chi connectivity index (χ4v) is 1.69. The van der Waals surface area contributed by atoms with Crippen LogP contribution in [0.15, 0.2) is 0 Å². The number of carbonyl (C=O) groups excluding carboxylic acids is 1. The molecule has 5 nitrogen and oxygen atoms in total. The Morgan fingerprint density at radius 3 is 2.73 bits per heavy atom. The summed E-state index contributed by atoms with van der Waals surface area (Å²) in [6.45, 7) is 1.73. The van der Waals surface area contributed by atoms with E-state index in [9.17, 15) is 9.36 Å². The van der Waals surface area contributed by atoms with E-state index < -0.39 is 13.6 Å². The fourth-order valence-electron chi connectivity index (χ4n) is 0.564. The Balaban J connectivity index is 3.90. The molecule has 0 bridgehead atoms. The van der Waals surface area contributed by atoms with Crippen LogP contribution in [-0.2, 0) is 13.9 Å². The van der Waals surface area contributed by atoms with Gasteiger partial charge in [0.15, 0.2) is 0 Å². The molecule has 0 amide bonds. The zero-order chi connectivity index (χ0) is 8.91. The summed E-state index contributed by atoms with van der Waals surface area (Å²) in [5.41, 5.74) is 5.11. The van der Waals surface area contributed by atoms with Crippen molar-refractivity contribution in [2.75, 3.05) is 12.8 Å². The predicted molar refractivity (Wildman–Crippen MR) is 40.4 cm³/mol. The second-order valence-electron chi connectivity index (χ2n) is 2.04. The Hall–Kier alpha value is -0.220. The molecule has 0 aliphatic carbocycles. The molecule has 0 aromatic rings. The van der Waals surface area contributed by atoms with Crippen LogP contribution in [0.3, 0.4) is 0 Å². The Morgan fingerprint density at radius 2 is 2.36 bits per heavy atom. The first kappa shape index (κ1) is 10.8. The molecule has 0 aromatic carbocycles. The van der Waals surface area contributed by atoms with Gasteiger partial charge in [0.2, 0.25) is 0 Å². The molecular formula is C5H12NO4P. The van der Waals surface area contributed by atoms with E-state index in [0.29, 0.717) is 6.29 Å². The van der Waals surface area contributed by atoms with Crippen molar-refractivity contribution in [2.24, 2.45) is 5.73 Å². The van der Waals surface area contributed by atoms with Crippen LogP contribution in [0.5, 0.6) is 0 Å². The lowest BCUT2D eigenvalue weighted by molar-refractivity contribution is -0.108. The average Bonchev–Trinajstić information content (AvgIpc) is 1.86. The molecule has 0 aromatic heterocycles. The molecule has 2 unspecified atom stereocenters. The van der Waals surface area contributed by atoms with Crippen LogP contribution in [0.25, 0.3) is 0 Å². The fraction of sp³-hybridized carbons (Fsp3) is 0.800. The van der Waals surface area contributed by atoms with Crippen LogP contribution >= 0.6 is 7.60 Å². The van der Waals surface area contributed by atoms with Gasteiger partial charge in [0.05, 0.1) is 18.8 Å². The molecule has 0 rings (SSSR count). The topological polar surface area (TPSA) is 89.6 Å². The van der Waals surface area contributed by atoms with Gasteiger partial charge in [-0.1, -0.05) is 0 Å². The molecule has 0 fully saturated rings. The minimum absolute atomic E-state index is 0.138. The van der Waals surface area contributed by atoms with E-state index in [1.54, 1.807) is 6.92 Å². The maximum Gasteiger partial charge on any atom is 0.330 e. The van der Waals surface area contributed by atoms with Crippen LogP contribution in [0.4, 0.5) is 0 Å². The summed E-state index contributed by atoms with van der Waals surface area (Å²) >= 11 is 0. The highest BCUT2D eigenvalue weighted by molar-refractivity contribution is 7.52. The number of hydrogen-bond donors (Lipinski definition) is 2. The van der Waals surface area contributed by atoms with Crippen molar-refractivity contribution >= 4 is 13.9 Å². The molecule has 0 saturated carbocycles. The van der Waals surface area contributed by atoms with Gasteiger partial charge >= 0.3 is 7.60 Å². The van der Waals surface area contributed by atoms with Gasteiger partial charge in [-0.05, 0) is 6.92 Å².